The van der Waals surface area contributed by atoms with Crippen molar-refractivity contribution >= 4 is 9.84 Å². The average molecular weight is 252 g/mol. The van der Waals surface area contributed by atoms with E-state index in [9.17, 15) is 8.42 Å². The quantitative estimate of drug-likeness (QED) is 0.806. The first kappa shape index (κ1) is 12.6. The minimum Gasteiger partial charge on any atom is -0.223 e. The summed E-state index contributed by atoms with van der Waals surface area (Å²) in [7, 11) is -3.06. The van der Waals surface area contributed by atoms with Gasteiger partial charge in [0.1, 0.15) is 0 Å². The third-order valence-electron chi connectivity index (χ3n) is 3.44. The summed E-state index contributed by atoms with van der Waals surface area (Å²) in [6.45, 7) is 4.37. The molecule has 1 fully saturated rings. The van der Waals surface area contributed by atoms with Gasteiger partial charge in [-0.3, -0.25) is 0 Å². The average Bonchev–Trinajstić information content (AvgIpc) is 3.07. The summed E-state index contributed by atoms with van der Waals surface area (Å²) in [6, 6.07) is 8.83. The maximum Gasteiger partial charge on any atom is 0.181 e. The lowest BCUT2D eigenvalue weighted by Gasteiger charge is -2.05. The van der Waals surface area contributed by atoms with Crippen LogP contribution in [0.1, 0.15) is 33.1 Å². The predicted molar refractivity (Wildman–Crippen MR) is 69.6 cm³/mol. The van der Waals surface area contributed by atoms with Crippen LogP contribution < -0.4 is 0 Å². The van der Waals surface area contributed by atoms with Crippen molar-refractivity contribution < 1.29 is 8.42 Å². The number of benzene rings is 1. The third kappa shape index (κ3) is 2.89. The van der Waals surface area contributed by atoms with E-state index >= 15 is 0 Å². The molecule has 0 amide bonds. The van der Waals surface area contributed by atoms with Crippen LogP contribution in [0.4, 0.5) is 0 Å². The molecule has 1 aromatic rings. The van der Waals surface area contributed by atoms with Gasteiger partial charge in [-0.15, -0.1) is 0 Å². The molecule has 0 radical (unpaired) electrons. The summed E-state index contributed by atoms with van der Waals surface area (Å²) < 4.78 is 24.5. The second-order valence-corrected chi connectivity index (χ2v) is 7.53. The van der Waals surface area contributed by atoms with E-state index in [1.54, 1.807) is 24.3 Å². The molecular weight excluding hydrogens is 232 g/mol. The SMILES string of the molecule is CC(C)CC[C@H]1C[C@@H]1S(=O)(=O)c1ccccc1. The molecule has 0 aliphatic heterocycles. The van der Waals surface area contributed by atoms with E-state index < -0.39 is 9.84 Å². The van der Waals surface area contributed by atoms with Crippen LogP contribution in [0.5, 0.6) is 0 Å². The summed E-state index contributed by atoms with van der Waals surface area (Å²) in [6.07, 6.45) is 3.03. The summed E-state index contributed by atoms with van der Waals surface area (Å²) in [4.78, 5) is 0.483. The molecule has 2 rings (SSSR count). The highest BCUT2D eigenvalue weighted by atomic mass is 32.2. The molecule has 0 N–H and O–H groups in total. The fourth-order valence-electron chi connectivity index (χ4n) is 2.24. The van der Waals surface area contributed by atoms with Crippen LogP contribution >= 0.6 is 0 Å². The molecule has 1 aliphatic carbocycles. The van der Waals surface area contributed by atoms with Crippen molar-refractivity contribution in [1.82, 2.24) is 0 Å². The lowest BCUT2D eigenvalue weighted by Crippen LogP contribution is -2.09. The molecule has 1 aliphatic rings. The van der Waals surface area contributed by atoms with Crippen molar-refractivity contribution in [3.8, 4) is 0 Å². The van der Waals surface area contributed by atoms with E-state index in [1.807, 2.05) is 6.07 Å². The summed E-state index contributed by atoms with van der Waals surface area (Å²) in [5.74, 6) is 1.05. The van der Waals surface area contributed by atoms with Gasteiger partial charge in [0.25, 0.3) is 0 Å². The highest BCUT2D eigenvalue weighted by molar-refractivity contribution is 7.92. The van der Waals surface area contributed by atoms with Gasteiger partial charge in [0, 0.05) is 0 Å². The van der Waals surface area contributed by atoms with Crippen molar-refractivity contribution in [2.24, 2.45) is 11.8 Å². The Balaban J connectivity index is 2.01. The second-order valence-electron chi connectivity index (χ2n) is 5.36. The van der Waals surface area contributed by atoms with Crippen molar-refractivity contribution in [3.63, 3.8) is 0 Å². The maximum atomic E-state index is 12.2. The minimum absolute atomic E-state index is 0.122. The van der Waals surface area contributed by atoms with E-state index in [0.717, 1.165) is 19.3 Å². The maximum absolute atomic E-state index is 12.2. The number of rotatable bonds is 5. The first-order valence-electron chi connectivity index (χ1n) is 6.30. The molecule has 0 saturated heterocycles. The van der Waals surface area contributed by atoms with E-state index in [1.165, 1.54) is 0 Å². The molecular formula is C14H20O2S. The zero-order chi connectivity index (χ0) is 12.5. The molecule has 0 unspecified atom stereocenters. The summed E-state index contributed by atoms with van der Waals surface area (Å²) in [5, 5.41) is -0.122. The number of hydrogen-bond acceptors (Lipinski definition) is 2. The van der Waals surface area contributed by atoms with E-state index in [-0.39, 0.29) is 5.25 Å². The topological polar surface area (TPSA) is 34.1 Å². The molecule has 3 heteroatoms. The van der Waals surface area contributed by atoms with Crippen molar-refractivity contribution in [2.75, 3.05) is 0 Å². The van der Waals surface area contributed by atoms with Crippen molar-refractivity contribution in [3.05, 3.63) is 30.3 Å². The minimum atomic E-state index is -3.06. The van der Waals surface area contributed by atoms with Crippen LogP contribution in [0.3, 0.4) is 0 Å². The number of sulfone groups is 1. The lowest BCUT2D eigenvalue weighted by atomic mass is 10.1. The molecule has 1 saturated carbocycles. The third-order valence-corrected chi connectivity index (χ3v) is 5.75. The molecule has 94 valence electrons. The van der Waals surface area contributed by atoms with Gasteiger partial charge in [-0.1, -0.05) is 38.5 Å². The Hall–Kier alpha value is -0.830. The van der Waals surface area contributed by atoms with Gasteiger partial charge in [-0.2, -0.15) is 0 Å². The Morgan fingerprint density at radius 3 is 2.47 bits per heavy atom. The van der Waals surface area contributed by atoms with Gasteiger partial charge in [0.05, 0.1) is 10.1 Å². The number of hydrogen-bond donors (Lipinski definition) is 0. The standard InChI is InChI=1S/C14H20O2S/c1-11(2)8-9-12-10-14(12)17(15,16)13-6-4-3-5-7-13/h3-7,11-12,14H,8-10H2,1-2H3/t12-,14-/m0/s1. The monoisotopic (exact) mass is 252 g/mol. The smallest absolute Gasteiger partial charge is 0.181 e. The first-order chi connectivity index (χ1) is 8.01. The normalized spacial score (nSPS) is 23.9. The Morgan fingerprint density at radius 2 is 1.88 bits per heavy atom. The molecule has 0 aromatic heterocycles. The van der Waals surface area contributed by atoms with Crippen LogP contribution in [0.15, 0.2) is 35.2 Å². The van der Waals surface area contributed by atoms with Gasteiger partial charge in [-0.05, 0) is 36.8 Å². The Morgan fingerprint density at radius 1 is 1.24 bits per heavy atom. The Bertz CT molecular complexity index is 462. The molecule has 0 bridgehead atoms. The zero-order valence-electron chi connectivity index (χ0n) is 10.5. The second kappa shape index (κ2) is 4.81. The fraction of sp³-hybridized carbons (Fsp3) is 0.571. The van der Waals surface area contributed by atoms with Crippen LogP contribution in [0.25, 0.3) is 0 Å². The van der Waals surface area contributed by atoms with Crippen LogP contribution in [0.2, 0.25) is 0 Å². The Labute approximate surface area is 104 Å². The summed E-state index contributed by atoms with van der Waals surface area (Å²) in [5.41, 5.74) is 0. The predicted octanol–water partition coefficient (Wildman–Crippen LogP) is 3.29. The Kier molecular flexibility index (Phi) is 3.57. The molecule has 17 heavy (non-hydrogen) atoms. The lowest BCUT2D eigenvalue weighted by molar-refractivity contribution is 0.525. The molecule has 2 nitrogen and oxygen atoms in total. The van der Waals surface area contributed by atoms with Crippen LogP contribution in [-0.4, -0.2) is 13.7 Å². The fourth-order valence-corrected chi connectivity index (χ4v) is 4.27. The van der Waals surface area contributed by atoms with Gasteiger partial charge >= 0.3 is 0 Å². The van der Waals surface area contributed by atoms with E-state index in [2.05, 4.69) is 13.8 Å². The molecule has 1 aromatic carbocycles. The highest BCUT2D eigenvalue weighted by Crippen LogP contribution is 2.43. The van der Waals surface area contributed by atoms with Gasteiger partial charge in [0.15, 0.2) is 9.84 Å². The van der Waals surface area contributed by atoms with Crippen LogP contribution in [-0.2, 0) is 9.84 Å². The zero-order valence-corrected chi connectivity index (χ0v) is 11.3. The molecule has 0 heterocycles. The molecule has 2 atom stereocenters. The highest BCUT2D eigenvalue weighted by Gasteiger charge is 2.47. The van der Waals surface area contributed by atoms with Gasteiger partial charge in [0.2, 0.25) is 0 Å². The van der Waals surface area contributed by atoms with Crippen molar-refractivity contribution in [1.29, 1.82) is 0 Å². The van der Waals surface area contributed by atoms with E-state index in [0.29, 0.717) is 16.7 Å². The largest absolute Gasteiger partial charge is 0.223 e. The van der Waals surface area contributed by atoms with E-state index in [4.69, 9.17) is 0 Å². The first-order valence-corrected chi connectivity index (χ1v) is 7.85. The van der Waals surface area contributed by atoms with Crippen LogP contribution in [0, 0.1) is 11.8 Å². The molecule has 0 spiro atoms. The van der Waals surface area contributed by atoms with Crippen molar-refractivity contribution in [2.45, 2.75) is 43.3 Å². The van der Waals surface area contributed by atoms with Gasteiger partial charge < -0.3 is 0 Å². The summed E-state index contributed by atoms with van der Waals surface area (Å²) >= 11 is 0. The van der Waals surface area contributed by atoms with Gasteiger partial charge in [-0.25, -0.2) is 8.42 Å².